The Labute approximate surface area is 85.7 Å². The number of nitrogens with zero attached hydrogens (tertiary/aromatic N) is 1. The lowest BCUT2D eigenvalue weighted by molar-refractivity contribution is -0.139. The van der Waals surface area contributed by atoms with Gasteiger partial charge >= 0.3 is 0 Å². The van der Waals surface area contributed by atoms with E-state index in [9.17, 15) is 4.79 Å². The molecule has 0 bridgehead atoms. The van der Waals surface area contributed by atoms with Crippen LogP contribution in [0.5, 0.6) is 0 Å². The van der Waals surface area contributed by atoms with Gasteiger partial charge in [0.1, 0.15) is 0 Å². The second-order valence-corrected chi connectivity index (χ2v) is 5.45. The minimum atomic E-state index is 0.406. The van der Waals surface area contributed by atoms with Gasteiger partial charge < -0.3 is 4.90 Å². The van der Waals surface area contributed by atoms with Crippen molar-refractivity contribution in [3.63, 3.8) is 0 Å². The number of piperidine rings is 1. The predicted octanol–water partition coefficient (Wildman–Crippen LogP) is 2.19. The highest BCUT2D eigenvalue weighted by Crippen LogP contribution is 2.53. The molecule has 1 saturated heterocycles. The second kappa shape index (κ2) is 2.98. The molecule has 0 aromatic rings. The first-order valence-corrected chi connectivity index (χ1v) is 6.08. The normalized spacial score (nSPS) is 30.1. The van der Waals surface area contributed by atoms with Crippen LogP contribution < -0.4 is 0 Å². The maximum atomic E-state index is 11.9. The number of rotatable bonds is 1. The minimum absolute atomic E-state index is 0.406. The molecule has 3 fully saturated rings. The molecule has 1 amide bonds. The van der Waals surface area contributed by atoms with Crippen molar-refractivity contribution in [1.29, 1.82) is 0 Å². The van der Waals surface area contributed by atoms with Crippen LogP contribution in [0.2, 0.25) is 0 Å². The van der Waals surface area contributed by atoms with Crippen molar-refractivity contribution in [3.8, 4) is 0 Å². The van der Waals surface area contributed by atoms with E-state index >= 15 is 0 Å². The molecule has 1 heterocycles. The lowest BCUT2D eigenvalue weighted by Gasteiger charge is -2.36. The van der Waals surface area contributed by atoms with Crippen LogP contribution in [-0.2, 0) is 4.79 Å². The topological polar surface area (TPSA) is 20.3 Å². The SMILES string of the molecule is O=C(C1CCC1)N1CCC2(CC1)CC2. The molecule has 3 aliphatic rings. The highest BCUT2D eigenvalue weighted by atomic mass is 16.2. The van der Waals surface area contributed by atoms with Crippen molar-refractivity contribution in [1.82, 2.24) is 4.90 Å². The van der Waals surface area contributed by atoms with Crippen LogP contribution in [0.1, 0.15) is 44.9 Å². The van der Waals surface area contributed by atoms with Gasteiger partial charge in [0.05, 0.1) is 0 Å². The summed E-state index contributed by atoms with van der Waals surface area (Å²) in [5.41, 5.74) is 0.705. The third kappa shape index (κ3) is 1.35. The van der Waals surface area contributed by atoms with Crippen molar-refractivity contribution in [2.75, 3.05) is 13.1 Å². The van der Waals surface area contributed by atoms with Gasteiger partial charge in [0, 0.05) is 19.0 Å². The van der Waals surface area contributed by atoms with Crippen molar-refractivity contribution < 1.29 is 4.79 Å². The van der Waals surface area contributed by atoms with Crippen LogP contribution in [0, 0.1) is 11.3 Å². The van der Waals surface area contributed by atoms with Gasteiger partial charge in [-0.25, -0.2) is 0 Å². The van der Waals surface area contributed by atoms with E-state index in [-0.39, 0.29) is 0 Å². The zero-order valence-corrected chi connectivity index (χ0v) is 8.80. The maximum absolute atomic E-state index is 11.9. The number of hydrogen-bond donors (Lipinski definition) is 0. The van der Waals surface area contributed by atoms with Crippen LogP contribution >= 0.6 is 0 Å². The van der Waals surface area contributed by atoms with E-state index in [2.05, 4.69) is 4.90 Å². The summed E-state index contributed by atoms with van der Waals surface area (Å²) in [6, 6.07) is 0. The lowest BCUT2D eigenvalue weighted by Crippen LogP contribution is -2.43. The molecule has 2 nitrogen and oxygen atoms in total. The van der Waals surface area contributed by atoms with Crippen LogP contribution in [0.3, 0.4) is 0 Å². The van der Waals surface area contributed by atoms with E-state index in [1.807, 2.05) is 0 Å². The molecule has 0 atom stereocenters. The van der Waals surface area contributed by atoms with E-state index < -0.39 is 0 Å². The van der Waals surface area contributed by atoms with Crippen LogP contribution in [0.15, 0.2) is 0 Å². The predicted molar refractivity (Wildman–Crippen MR) is 54.8 cm³/mol. The fourth-order valence-electron chi connectivity index (χ4n) is 2.79. The Hall–Kier alpha value is -0.530. The molecule has 3 rings (SSSR count). The summed E-state index contributed by atoms with van der Waals surface area (Å²) in [6.07, 6.45) is 9.00. The molecular formula is C12H19NO. The largest absolute Gasteiger partial charge is 0.342 e. The zero-order valence-electron chi connectivity index (χ0n) is 8.80. The number of amides is 1. The second-order valence-electron chi connectivity index (χ2n) is 5.45. The maximum Gasteiger partial charge on any atom is 0.225 e. The first-order chi connectivity index (χ1) is 6.79. The summed E-state index contributed by atoms with van der Waals surface area (Å²) in [6.45, 7) is 2.10. The first kappa shape index (κ1) is 8.75. The Morgan fingerprint density at radius 1 is 1.07 bits per heavy atom. The molecule has 1 spiro atoms. The molecule has 2 aliphatic carbocycles. The monoisotopic (exact) mass is 193 g/mol. The molecule has 0 aromatic carbocycles. The van der Waals surface area contributed by atoms with E-state index in [1.165, 1.54) is 32.1 Å². The Morgan fingerprint density at radius 3 is 2.14 bits per heavy atom. The van der Waals surface area contributed by atoms with Gasteiger partial charge in [0.2, 0.25) is 5.91 Å². The van der Waals surface area contributed by atoms with Gasteiger partial charge in [0.15, 0.2) is 0 Å². The Morgan fingerprint density at radius 2 is 1.71 bits per heavy atom. The van der Waals surface area contributed by atoms with Crippen LogP contribution in [0.4, 0.5) is 0 Å². The summed E-state index contributed by atoms with van der Waals surface area (Å²) in [5.74, 6) is 0.870. The number of likely N-dealkylation sites (tertiary alicyclic amines) is 1. The third-order valence-corrected chi connectivity index (χ3v) is 4.55. The van der Waals surface area contributed by atoms with E-state index in [0.717, 1.165) is 25.9 Å². The fraction of sp³-hybridized carbons (Fsp3) is 0.917. The summed E-state index contributed by atoms with van der Waals surface area (Å²) in [7, 11) is 0. The third-order valence-electron chi connectivity index (χ3n) is 4.55. The Bertz CT molecular complexity index is 243. The molecule has 1 aliphatic heterocycles. The summed E-state index contributed by atoms with van der Waals surface area (Å²) < 4.78 is 0. The highest BCUT2D eigenvalue weighted by molar-refractivity contribution is 5.79. The van der Waals surface area contributed by atoms with Gasteiger partial charge in [-0.3, -0.25) is 4.79 Å². The summed E-state index contributed by atoms with van der Waals surface area (Å²) in [5, 5.41) is 0. The van der Waals surface area contributed by atoms with Gasteiger partial charge in [0.25, 0.3) is 0 Å². The number of carbonyl (C=O) groups is 1. The molecule has 0 N–H and O–H groups in total. The standard InChI is InChI=1S/C12H19NO/c14-11(10-2-1-3-10)13-8-6-12(4-5-12)7-9-13/h10H,1-9H2. The minimum Gasteiger partial charge on any atom is -0.342 e. The van der Waals surface area contributed by atoms with Gasteiger partial charge in [-0.15, -0.1) is 0 Å². The summed E-state index contributed by atoms with van der Waals surface area (Å²) in [4.78, 5) is 14.1. The molecule has 78 valence electrons. The molecule has 2 heteroatoms. The van der Waals surface area contributed by atoms with Gasteiger partial charge in [-0.05, 0) is 43.9 Å². The van der Waals surface area contributed by atoms with Gasteiger partial charge in [-0.2, -0.15) is 0 Å². The van der Waals surface area contributed by atoms with E-state index in [0.29, 0.717) is 17.2 Å². The van der Waals surface area contributed by atoms with Crippen molar-refractivity contribution in [2.45, 2.75) is 44.9 Å². The summed E-state index contributed by atoms with van der Waals surface area (Å²) >= 11 is 0. The van der Waals surface area contributed by atoms with Crippen molar-refractivity contribution in [3.05, 3.63) is 0 Å². The smallest absolute Gasteiger partial charge is 0.225 e. The Kier molecular flexibility index (Phi) is 1.86. The highest BCUT2D eigenvalue weighted by Gasteiger charge is 2.45. The number of carbonyl (C=O) groups excluding carboxylic acids is 1. The van der Waals surface area contributed by atoms with Crippen LogP contribution in [-0.4, -0.2) is 23.9 Å². The molecule has 0 aromatic heterocycles. The van der Waals surface area contributed by atoms with E-state index in [4.69, 9.17) is 0 Å². The van der Waals surface area contributed by atoms with Crippen molar-refractivity contribution >= 4 is 5.91 Å². The van der Waals surface area contributed by atoms with Crippen molar-refractivity contribution in [2.24, 2.45) is 11.3 Å². The zero-order chi connectivity index (χ0) is 9.60. The van der Waals surface area contributed by atoms with Crippen LogP contribution in [0.25, 0.3) is 0 Å². The average Bonchev–Trinajstić information content (AvgIpc) is 2.83. The molecule has 2 saturated carbocycles. The molecule has 0 unspecified atom stereocenters. The first-order valence-electron chi connectivity index (χ1n) is 6.08. The van der Waals surface area contributed by atoms with Gasteiger partial charge in [-0.1, -0.05) is 6.42 Å². The molecular weight excluding hydrogens is 174 g/mol. The number of hydrogen-bond acceptors (Lipinski definition) is 1. The average molecular weight is 193 g/mol. The lowest BCUT2D eigenvalue weighted by atomic mass is 9.83. The quantitative estimate of drug-likeness (QED) is 0.625. The molecule has 14 heavy (non-hydrogen) atoms. The Balaban J connectivity index is 1.55. The van der Waals surface area contributed by atoms with E-state index in [1.54, 1.807) is 0 Å². The fourth-order valence-corrected chi connectivity index (χ4v) is 2.79. The molecule has 0 radical (unpaired) electrons.